The average Bonchev–Trinajstić information content (AvgIpc) is 2.39. The summed E-state index contributed by atoms with van der Waals surface area (Å²) in [6.07, 6.45) is 2.70. The van der Waals surface area contributed by atoms with Crippen molar-refractivity contribution >= 4 is 11.9 Å². The quantitative estimate of drug-likeness (QED) is 0.285. The SMILES string of the molecule is CC(C)=CCOCC(O)CNC(C)C.O=C(O)/C=C/C(=O)O. The Kier molecular flexibility index (Phi) is 14.6. The fraction of sp³-hybridized carbons (Fsp3) is 0.600. The van der Waals surface area contributed by atoms with E-state index in [4.69, 9.17) is 14.9 Å². The van der Waals surface area contributed by atoms with Gasteiger partial charge in [0.1, 0.15) is 0 Å². The normalized spacial score (nSPS) is 11.7. The summed E-state index contributed by atoms with van der Waals surface area (Å²) in [5.41, 5.74) is 1.24. The van der Waals surface area contributed by atoms with Crippen LogP contribution in [0.2, 0.25) is 0 Å². The number of rotatable bonds is 9. The molecule has 0 aliphatic heterocycles. The molecule has 0 aromatic rings. The van der Waals surface area contributed by atoms with Gasteiger partial charge in [0.05, 0.1) is 19.3 Å². The van der Waals surface area contributed by atoms with Gasteiger partial charge in [0.25, 0.3) is 0 Å². The van der Waals surface area contributed by atoms with Gasteiger partial charge in [0, 0.05) is 24.7 Å². The maximum Gasteiger partial charge on any atom is 0.328 e. The van der Waals surface area contributed by atoms with Crippen LogP contribution >= 0.6 is 0 Å². The highest BCUT2D eigenvalue weighted by Gasteiger charge is 2.03. The molecule has 0 saturated heterocycles. The van der Waals surface area contributed by atoms with Crippen molar-refractivity contribution in [3.8, 4) is 0 Å². The summed E-state index contributed by atoms with van der Waals surface area (Å²) < 4.78 is 5.27. The molecule has 1 unspecified atom stereocenters. The van der Waals surface area contributed by atoms with Gasteiger partial charge in [0.15, 0.2) is 0 Å². The molecule has 4 N–H and O–H groups in total. The lowest BCUT2D eigenvalue weighted by Gasteiger charge is -2.13. The van der Waals surface area contributed by atoms with E-state index in [0.717, 1.165) is 0 Å². The minimum Gasteiger partial charge on any atom is -0.478 e. The summed E-state index contributed by atoms with van der Waals surface area (Å²) >= 11 is 0. The molecule has 1 atom stereocenters. The molecule has 0 heterocycles. The largest absolute Gasteiger partial charge is 0.478 e. The van der Waals surface area contributed by atoms with Gasteiger partial charge in [0.2, 0.25) is 0 Å². The first-order valence-corrected chi connectivity index (χ1v) is 6.91. The van der Waals surface area contributed by atoms with E-state index in [1.54, 1.807) is 0 Å². The molecule has 0 aromatic carbocycles. The van der Waals surface area contributed by atoms with E-state index in [2.05, 4.69) is 19.2 Å². The van der Waals surface area contributed by atoms with Crippen molar-refractivity contribution in [1.82, 2.24) is 5.32 Å². The zero-order valence-electron chi connectivity index (χ0n) is 13.6. The standard InChI is InChI=1S/C11H23NO2.C4H4O4/c1-9(2)5-6-14-8-11(13)7-12-10(3)4;5-3(6)1-2-4(7)8/h5,10-13H,6-8H2,1-4H3;1-2H,(H,5,6)(H,7,8)/b;2-1+. The highest BCUT2D eigenvalue weighted by Crippen LogP contribution is 1.90. The summed E-state index contributed by atoms with van der Waals surface area (Å²) in [7, 11) is 0. The number of ether oxygens (including phenoxy) is 1. The molecule has 0 saturated carbocycles. The number of hydrogen-bond donors (Lipinski definition) is 4. The van der Waals surface area contributed by atoms with Crippen molar-refractivity contribution in [3.05, 3.63) is 23.8 Å². The number of aliphatic hydroxyl groups excluding tert-OH is 1. The van der Waals surface area contributed by atoms with Gasteiger partial charge >= 0.3 is 11.9 Å². The summed E-state index contributed by atoms with van der Waals surface area (Å²) in [5.74, 6) is -2.51. The smallest absolute Gasteiger partial charge is 0.328 e. The first-order valence-electron chi connectivity index (χ1n) is 6.91. The molecule has 7 heteroatoms. The highest BCUT2D eigenvalue weighted by molar-refractivity contribution is 5.89. The molecule has 0 rings (SSSR count). The Morgan fingerprint density at radius 1 is 1.14 bits per heavy atom. The first kappa shape index (κ1) is 22.6. The van der Waals surface area contributed by atoms with E-state index in [-0.39, 0.29) is 0 Å². The van der Waals surface area contributed by atoms with Crippen LogP contribution in [-0.4, -0.2) is 59.2 Å². The van der Waals surface area contributed by atoms with E-state index < -0.39 is 18.0 Å². The summed E-state index contributed by atoms with van der Waals surface area (Å²) in [6.45, 7) is 9.73. The van der Waals surface area contributed by atoms with Gasteiger partial charge in [-0.2, -0.15) is 0 Å². The van der Waals surface area contributed by atoms with Crippen molar-refractivity contribution < 1.29 is 29.6 Å². The minimum atomic E-state index is -1.26. The second kappa shape index (κ2) is 14.2. The number of aliphatic carboxylic acids is 2. The Balaban J connectivity index is 0. The van der Waals surface area contributed by atoms with E-state index >= 15 is 0 Å². The van der Waals surface area contributed by atoms with E-state index in [1.165, 1.54) is 5.57 Å². The third-order valence-electron chi connectivity index (χ3n) is 2.05. The second-order valence-corrected chi connectivity index (χ2v) is 5.05. The lowest BCUT2D eigenvalue weighted by Crippen LogP contribution is -2.34. The zero-order valence-corrected chi connectivity index (χ0v) is 13.6. The summed E-state index contributed by atoms with van der Waals surface area (Å²) in [6, 6.07) is 0.405. The number of hydrogen-bond acceptors (Lipinski definition) is 5. The van der Waals surface area contributed by atoms with Crippen molar-refractivity contribution in [1.29, 1.82) is 0 Å². The number of allylic oxidation sites excluding steroid dienone is 1. The molecule has 0 spiro atoms. The van der Waals surface area contributed by atoms with Crippen molar-refractivity contribution in [2.75, 3.05) is 19.8 Å². The van der Waals surface area contributed by atoms with Gasteiger partial charge in [-0.1, -0.05) is 25.5 Å². The van der Waals surface area contributed by atoms with Gasteiger partial charge in [-0.25, -0.2) is 9.59 Å². The van der Waals surface area contributed by atoms with E-state index in [1.807, 2.05) is 19.9 Å². The van der Waals surface area contributed by atoms with Crippen LogP contribution in [0.4, 0.5) is 0 Å². The van der Waals surface area contributed by atoms with Crippen LogP contribution in [0, 0.1) is 0 Å². The molecular weight excluding hydrogens is 290 g/mol. The lowest BCUT2D eigenvalue weighted by atomic mass is 10.3. The molecule has 22 heavy (non-hydrogen) atoms. The van der Waals surface area contributed by atoms with Crippen molar-refractivity contribution in [3.63, 3.8) is 0 Å². The Bertz CT molecular complexity index is 356. The van der Waals surface area contributed by atoms with Crippen molar-refractivity contribution in [2.45, 2.75) is 39.8 Å². The van der Waals surface area contributed by atoms with E-state index in [0.29, 0.717) is 38.0 Å². The van der Waals surface area contributed by atoms with Crippen LogP contribution in [0.25, 0.3) is 0 Å². The van der Waals surface area contributed by atoms with Crippen LogP contribution in [0.3, 0.4) is 0 Å². The molecule has 7 nitrogen and oxygen atoms in total. The predicted molar refractivity (Wildman–Crippen MR) is 83.8 cm³/mol. The Morgan fingerprint density at radius 2 is 1.64 bits per heavy atom. The molecule has 0 bridgehead atoms. The zero-order chi connectivity index (χ0) is 17.5. The fourth-order valence-electron chi connectivity index (χ4n) is 1.00. The van der Waals surface area contributed by atoms with Crippen LogP contribution in [0.15, 0.2) is 23.8 Å². The Hall–Kier alpha value is -1.70. The maximum atomic E-state index is 9.55. The number of carbonyl (C=O) groups is 2. The third-order valence-corrected chi connectivity index (χ3v) is 2.05. The summed E-state index contributed by atoms with van der Waals surface area (Å²) in [5, 5.41) is 28.2. The van der Waals surface area contributed by atoms with Crippen LogP contribution in [-0.2, 0) is 14.3 Å². The number of carboxylic acid groups (broad SMARTS) is 2. The molecule has 0 amide bonds. The number of carboxylic acids is 2. The van der Waals surface area contributed by atoms with E-state index in [9.17, 15) is 14.7 Å². The highest BCUT2D eigenvalue weighted by atomic mass is 16.5. The lowest BCUT2D eigenvalue weighted by molar-refractivity contribution is -0.134. The monoisotopic (exact) mass is 317 g/mol. The number of aliphatic hydroxyl groups is 1. The average molecular weight is 317 g/mol. The molecular formula is C15H27NO6. The first-order chi connectivity index (χ1) is 10.1. The Morgan fingerprint density at radius 3 is 2.00 bits per heavy atom. The van der Waals surface area contributed by atoms with Crippen LogP contribution in [0.5, 0.6) is 0 Å². The number of nitrogens with one attached hydrogen (secondary N) is 1. The third kappa shape index (κ3) is 23.4. The fourth-order valence-corrected chi connectivity index (χ4v) is 1.00. The van der Waals surface area contributed by atoms with Gasteiger partial charge in [-0.15, -0.1) is 0 Å². The van der Waals surface area contributed by atoms with Crippen molar-refractivity contribution in [2.24, 2.45) is 0 Å². The molecule has 0 aliphatic rings. The topological polar surface area (TPSA) is 116 Å². The van der Waals surface area contributed by atoms with Crippen LogP contribution in [0.1, 0.15) is 27.7 Å². The molecule has 0 radical (unpaired) electrons. The Labute approximate surface area is 131 Å². The molecule has 0 aromatic heterocycles. The maximum absolute atomic E-state index is 9.55. The second-order valence-electron chi connectivity index (χ2n) is 5.05. The molecule has 0 fully saturated rings. The molecule has 0 aliphatic carbocycles. The van der Waals surface area contributed by atoms with Crippen LogP contribution < -0.4 is 5.32 Å². The predicted octanol–water partition coefficient (Wildman–Crippen LogP) is 1.04. The van der Waals surface area contributed by atoms with Gasteiger partial charge in [-0.05, 0) is 13.8 Å². The van der Waals surface area contributed by atoms with Gasteiger partial charge < -0.3 is 25.4 Å². The van der Waals surface area contributed by atoms with Gasteiger partial charge in [-0.3, -0.25) is 0 Å². The minimum absolute atomic E-state index is 0.392. The summed E-state index contributed by atoms with van der Waals surface area (Å²) in [4.78, 5) is 19.1. The molecule has 128 valence electrons.